The highest BCUT2D eigenvalue weighted by Crippen LogP contribution is 2.56. The van der Waals surface area contributed by atoms with Crippen LogP contribution in [0.15, 0.2) is 47.8 Å². The third-order valence-electron chi connectivity index (χ3n) is 4.25. The Morgan fingerprint density at radius 3 is 2.43 bits per heavy atom. The van der Waals surface area contributed by atoms with E-state index in [0.717, 1.165) is 34.7 Å². The third kappa shape index (κ3) is 2.67. The minimum absolute atomic E-state index is 0.0926. The van der Waals surface area contributed by atoms with Gasteiger partial charge in [0.2, 0.25) is 0 Å². The van der Waals surface area contributed by atoms with Crippen molar-refractivity contribution in [2.75, 3.05) is 0 Å². The normalized spacial score (nSPS) is 15.6. The molecular weight excluding hydrogens is 352 g/mol. The van der Waals surface area contributed by atoms with Crippen molar-refractivity contribution in [2.45, 2.75) is 18.3 Å². The monoisotopic (exact) mass is 363 g/mol. The van der Waals surface area contributed by atoms with Gasteiger partial charge in [0.15, 0.2) is 0 Å². The van der Waals surface area contributed by atoms with Gasteiger partial charge in [0, 0.05) is 26.4 Å². The lowest BCUT2D eigenvalue weighted by atomic mass is 9.96. The number of halogens is 3. The smallest absolute Gasteiger partial charge is 0.123 e. The van der Waals surface area contributed by atoms with Crippen molar-refractivity contribution in [3.8, 4) is 11.3 Å². The van der Waals surface area contributed by atoms with Crippen LogP contribution in [-0.2, 0) is 5.41 Å². The fraction of sp³-hybridized carbons (Fsp3) is 0.167. The molecule has 1 fully saturated rings. The summed E-state index contributed by atoms with van der Waals surface area (Å²) < 4.78 is 13.1. The molecule has 1 saturated carbocycles. The second-order valence-electron chi connectivity index (χ2n) is 5.75. The van der Waals surface area contributed by atoms with Gasteiger partial charge in [0.25, 0.3) is 0 Å². The summed E-state index contributed by atoms with van der Waals surface area (Å²) in [6, 6.07) is 12.1. The molecule has 1 nitrogen and oxygen atoms in total. The lowest BCUT2D eigenvalue weighted by molar-refractivity contribution is 0.628. The molecular formula is C18H12Cl2FNS. The molecule has 3 aromatic rings. The number of thiazole rings is 1. The molecule has 1 aromatic heterocycles. The van der Waals surface area contributed by atoms with Gasteiger partial charge in [-0.25, -0.2) is 9.37 Å². The Kier molecular flexibility index (Phi) is 3.67. The fourth-order valence-electron chi connectivity index (χ4n) is 2.85. The quantitative estimate of drug-likeness (QED) is 0.529. The van der Waals surface area contributed by atoms with E-state index in [1.807, 2.05) is 17.5 Å². The Labute approximate surface area is 147 Å². The van der Waals surface area contributed by atoms with Crippen LogP contribution in [0.2, 0.25) is 10.0 Å². The standard InChI is InChI=1S/C18H12Cl2FNS/c19-12-3-6-14(15(20)9-12)18(7-8-18)17-22-16(10-23-17)11-1-4-13(21)5-2-11/h1-6,9-10H,7-8H2. The summed E-state index contributed by atoms with van der Waals surface area (Å²) >= 11 is 14.0. The van der Waals surface area contributed by atoms with E-state index in [9.17, 15) is 4.39 Å². The molecule has 0 atom stereocenters. The van der Waals surface area contributed by atoms with E-state index in [4.69, 9.17) is 28.2 Å². The van der Waals surface area contributed by atoms with Crippen LogP contribution >= 0.6 is 34.5 Å². The molecule has 23 heavy (non-hydrogen) atoms. The second-order valence-corrected chi connectivity index (χ2v) is 7.45. The van der Waals surface area contributed by atoms with Crippen LogP contribution in [0.25, 0.3) is 11.3 Å². The van der Waals surface area contributed by atoms with Gasteiger partial charge < -0.3 is 0 Å². The molecule has 0 aliphatic heterocycles. The lowest BCUT2D eigenvalue weighted by Gasteiger charge is -2.14. The average molecular weight is 364 g/mol. The number of benzene rings is 2. The highest BCUT2D eigenvalue weighted by Gasteiger charge is 2.49. The summed E-state index contributed by atoms with van der Waals surface area (Å²) in [5.41, 5.74) is 2.79. The maximum atomic E-state index is 13.1. The molecule has 0 unspecified atom stereocenters. The molecule has 1 aliphatic rings. The molecule has 1 aliphatic carbocycles. The summed E-state index contributed by atoms with van der Waals surface area (Å²) in [7, 11) is 0. The van der Waals surface area contributed by atoms with Crippen molar-refractivity contribution in [3.05, 3.63) is 74.3 Å². The highest BCUT2D eigenvalue weighted by molar-refractivity contribution is 7.10. The molecule has 0 saturated heterocycles. The van der Waals surface area contributed by atoms with Crippen molar-refractivity contribution in [1.82, 2.24) is 4.98 Å². The SMILES string of the molecule is Fc1ccc(-c2csc(C3(c4ccc(Cl)cc4Cl)CC3)n2)cc1. The predicted molar refractivity (Wildman–Crippen MR) is 94.0 cm³/mol. The van der Waals surface area contributed by atoms with Gasteiger partial charge >= 0.3 is 0 Å². The number of nitrogens with zero attached hydrogens (tertiary/aromatic N) is 1. The van der Waals surface area contributed by atoms with E-state index in [1.165, 1.54) is 12.1 Å². The van der Waals surface area contributed by atoms with E-state index in [1.54, 1.807) is 29.5 Å². The highest BCUT2D eigenvalue weighted by atomic mass is 35.5. The topological polar surface area (TPSA) is 12.9 Å². The van der Waals surface area contributed by atoms with Crippen LogP contribution < -0.4 is 0 Å². The van der Waals surface area contributed by atoms with Crippen molar-refractivity contribution < 1.29 is 4.39 Å². The number of hydrogen-bond acceptors (Lipinski definition) is 2. The van der Waals surface area contributed by atoms with Crippen molar-refractivity contribution in [2.24, 2.45) is 0 Å². The van der Waals surface area contributed by atoms with Crippen molar-refractivity contribution in [3.63, 3.8) is 0 Å². The summed E-state index contributed by atoms with van der Waals surface area (Å²) in [5.74, 6) is -0.240. The van der Waals surface area contributed by atoms with Crippen molar-refractivity contribution in [1.29, 1.82) is 0 Å². The minimum Gasteiger partial charge on any atom is -0.240 e. The Morgan fingerprint density at radius 1 is 1.04 bits per heavy atom. The van der Waals surface area contributed by atoms with Crippen LogP contribution in [0.3, 0.4) is 0 Å². The maximum Gasteiger partial charge on any atom is 0.123 e. The molecule has 5 heteroatoms. The van der Waals surface area contributed by atoms with Gasteiger partial charge in [0.05, 0.1) is 5.69 Å². The zero-order chi connectivity index (χ0) is 16.0. The average Bonchev–Trinajstić information content (AvgIpc) is 3.17. The van der Waals surface area contributed by atoms with Gasteiger partial charge in [-0.05, 0) is 54.8 Å². The first-order chi connectivity index (χ1) is 11.1. The first-order valence-electron chi connectivity index (χ1n) is 7.26. The van der Waals surface area contributed by atoms with Gasteiger partial charge in [-0.2, -0.15) is 0 Å². The molecule has 0 radical (unpaired) electrons. The van der Waals surface area contributed by atoms with Gasteiger partial charge in [-0.15, -0.1) is 11.3 Å². The van der Waals surface area contributed by atoms with Crippen LogP contribution in [0, 0.1) is 5.82 Å². The number of rotatable bonds is 3. The Balaban J connectivity index is 1.72. The number of aromatic nitrogens is 1. The summed E-state index contributed by atoms with van der Waals surface area (Å²) in [5, 5.41) is 4.40. The zero-order valence-corrected chi connectivity index (χ0v) is 14.4. The maximum absolute atomic E-state index is 13.1. The lowest BCUT2D eigenvalue weighted by Crippen LogP contribution is -2.09. The Morgan fingerprint density at radius 2 is 1.78 bits per heavy atom. The molecule has 0 N–H and O–H groups in total. The van der Waals surface area contributed by atoms with Crippen LogP contribution in [0.1, 0.15) is 23.4 Å². The molecule has 2 aromatic carbocycles. The molecule has 0 amide bonds. The summed E-state index contributed by atoms with van der Waals surface area (Å²) in [4.78, 5) is 4.79. The van der Waals surface area contributed by atoms with Gasteiger partial charge in [-0.1, -0.05) is 29.3 Å². The van der Waals surface area contributed by atoms with Crippen molar-refractivity contribution >= 4 is 34.5 Å². The Hall–Kier alpha value is -1.42. The van der Waals surface area contributed by atoms with E-state index in [0.29, 0.717) is 10.0 Å². The summed E-state index contributed by atoms with van der Waals surface area (Å²) in [6.45, 7) is 0. The fourth-order valence-corrected chi connectivity index (χ4v) is 4.54. The zero-order valence-electron chi connectivity index (χ0n) is 12.0. The van der Waals surface area contributed by atoms with E-state index in [-0.39, 0.29) is 11.2 Å². The number of hydrogen-bond donors (Lipinski definition) is 0. The molecule has 0 spiro atoms. The third-order valence-corrected chi connectivity index (χ3v) is 5.84. The van der Waals surface area contributed by atoms with Gasteiger partial charge in [-0.3, -0.25) is 0 Å². The first kappa shape index (κ1) is 15.1. The van der Waals surface area contributed by atoms with Crippen LogP contribution in [0.4, 0.5) is 4.39 Å². The molecule has 4 rings (SSSR count). The molecule has 116 valence electrons. The first-order valence-corrected chi connectivity index (χ1v) is 8.89. The van der Waals surface area contributed by atoms with Crippen LogP contribution in [-0.4, -0.2) is 4.98 Å². The van der Waals surface area contributed by atoms with E-state index < -0.39 is 0 Å². The Bertz CT molecular complexity index is 869. The summed E-state index contributed by atoms with van der Waals surface area (Å²) in [6.07, 6.45) is 2.06. The largest absolute Gasteiger partial charge is 0.240 e. The van der Waals surface area contributed by atoms with E-state index >= 15 is 0 Å². The van der Waals surface area contributed by atoms with Crippen LogP contribution in [0.5, 0.6) is 0 Å². The van der Waals surface area contributed by atoms with Gasteiger partial charge in [0.1, 0.15) is 10.8 Å². The predicted octanol–water partition coefficient (Wildman–Crippen LogP) is 6.34. The second kappa shape index (κ2) is 5.59. The van der Waals surface area contributed by atoms with E-state index in [2.05, 4.69) is 0 Å². The molecule has 1 heterocycles. The molecule has 0 bridgehead atoms. The minimum atomic E-state index is -0.240.